The van der Waals surface area contributed by atoms with E-state index < -0.39 is 11.6 Å². The van der Waals surface area contributed by atoms with Crippen molar-refractivity contribution < 1.29 is 13.3 Å². The van der Waals surface area contributed by atoms with Gasteiger partial charge in [-0.1, -0.05) is 11.2 Å². The largest absolute Gasteiger partial charge is 0.339 e. The Morgan fingerprint density at radius 1 is 1.36 bits per heavy atom. The molecule has 1 heterocycles. The molecule has 0 bridgehead atoms. The highest BCUT2D eigenvalue weighted by molar-refractivity contribution is 5.85. The second-order valence-electron chi connectivity index (χ2n) is 5.56. The summed E-state index contributed by atoms with van der Waals surface area (Å²) >= 11 is 0. The Hall–Kier alpha value is -1.53. The lowest BCUT2D eigenvalue weighted by Gasteiger charge is -2.04. The molecule has 0 amide bonds. The average molecular weight is 330 g/mol. The van der Waals surface area contributed by atoms with Gasteiger partial charge in [0.1, 0.15) is 11.6 Å². The van der Waals surface area contributed by atoms with E-state index in [1.807, 2.05) is 14.0 Å². The second kappa shape index (κ2) is 6.71. The van der Waals surface area contributed by atoms with Crippen molar-refractivity contribution in [2.24, 2.45) is 0 Å². The van der Waals surface area contributed by atoms with Gasteiger partial charge in [-0.2, -0.15) is 4.98 Å². The molecule has 22 heavy (non-hydrogen) atoms. The smallest absolute Gasteiger partial charge is 0.230 e. The predicted octanol–water partition coefficient (Wildman–Crippen LogP) is 3.19. The molecule has 4 nitrogen and oxygen atoms in total. The number of aromatic nitrogens is 2. The molecule has 1 aromatic carbocycles. The van der Waals surface area contributed by atoms with Crippen molar-refractivity contribution in [3.8, 4) is 0 Å². The van der Waals surface area contributed by atoms with E-state index in [-0.39, 0.29) is 30.3 Å². The van der Waals surface area contributed by atoms with Crippen LogP contribution in [0.25, 0.3) is 0 Å². The number of rotatable bonds is 5. The van der Waals surface area contributed by atoms with Crippen molar-refractivity contribution in [1.29, 1.82) is 0 Å². The highest BCUT2D eigenvalue weighted by atomic mass is 35.5. The Kier molecular flexibility index (Phi) is 5.13. The minimum atomic E-state index is -0.561. The van der Waals surface area contributed by atoms with Gasteiger partial charge >= 0.3 is 0 Å². The summed E-state index contributed by atoms with van der Waals surface area (Å²) < 4.78 is 31.9. The summed E-state index contributed by atoms with van der Waals surface area (Å²) in [6.45, 7) is 2.03. The van der Waals surface area contributed by atoms with Gasteiger partial charge < -0.3 is 9.84 Å². The average Bonchev–Trinajstić information content (AvgIpc) is 3.10. The molecule has 1 aliphatic rings. The summed E-state index contributed by atoms with van der Waals surface area (Å²) in [5.74, 6) is 0.163. The number of benzene rings is 1. The molecule has 1 fully saturated rings. The van der Waals surface area contributed by atoms with E-state index in [1.54, 1.807) is 0 Å². The number of likely N-dealkylation sites (N-methyl/N-ethyl adjacent to an activating group) is 1. The van der Waals surface area contributed by atoms with Crippen molar-refractivity contribution in [2.75, 3.05) is 7.05 Å². The van der Waals surface area contributed by atoms with Crippen molar-refractivity contribution in [3.05, 3.63) is 47.1 Å². The van der Waals surface area contributed by atoms with Gasteiger partial charge in [0.25, 0.3) is 0 Å². The van der Waals surface area contributed by atoms with Crippen LogP contribution in [0, 0.1) is 11.6 Å². The zero-order chi connectivity index (χ0) is 15.0. The molecule has 1 aromatic heterocycles. The fourth-order valence-corrected chi connectivity index (χ4v) is 2.49. The van der Waals surface area contributed by atoms with Crippen LogP contribution in [0.4, 0.5) is 8.78 Å². The first-order valence-electron chi connectivity index (χ1n) is 7.03. The Bertz CT molecular complexity index is 649. The summed E-state index contributed by atoms with van der Waals surface area (Å²) in [7, 11) is 1.87. The lowest BCUT2D eigenvalue weighted by atomic mass is 10.1. The predicted molar refractivity (Wildman–Crippen MR) is 80.2 cm³/mol. The van der Waals surface area contributed by atoms with Crippen LogP contribution in [0.15, 0.2) is 22.7 Å². The first kappa shape index (κ1) is 16.8. The molecule has 3 atom stereocenters. The van der Waals surface area contributed by atoms with E-state index in [0.717, 1.165) is 12.5 Å². The maximum atomic E-state index is 13.7. The molecular weight excluding hydrogens is 312 g/mol. The molecule has 0 aliphatic heterocycles. The van der Waals surface area contributed by atoms with Gasteiger partial charge in [-0.05, 0) is 37.9 Å². The van der Waals surface area contributed by atoms with Gasteiger partial charge in [0.15, 0.2) is 5.82 Å². The van der Waals surface area contributed by atoms with Gasteiger partial charge in [0.05, 0.1) is 0 Å². The summed E-state index contributed by atoms with van der Waals surface area (Å²) in [5.41, 5.74) is 0.518. The van der Waals surface area contributed by atoms with E-state index in [1.165, 1.54) is 12.1 Å². The first-order valence-corrected chi connectivity index (χ1v) is 7.03. The maximum absolute atomic E-state index is 13.7. The van der Waals surface area contributed by atoms with Crippen LogP contribution >= 0.6 is 12.4 Å². The van der Waals surface area contributed by atoms with Gasteiger partial charge in [-0.3, -0.25) is 0 Å². The molecular formula is C15H18ClF2N3O. The van der Waals surface area contributed by atoms with Gasteiger partial charge in [-0.25, -0.2) is 8.78 Å². The van der Waals surface area contributed by atoms with E-state index >= 15 is 0 Å². The van der Waals surface area contributed by atoms with Crippen LogP contribution in [0.1, 0.15) is 42.5 Å². The first-order chi connectivity index (χ1) is 10.1. The second-order valence-corrected chi connectivity index (χ2v) is 5.56. The molecule has 1 N–H and O–H groups in total. The van der Waals surface area contributed by atoms with Crippen LogP contribution < -0.4 is 5.32 Å². The summed E-state index contributed by atoms with van der Waals surface area (Å²) in [6, 6.07) is 3.95. The Morgan fingerprint density at radius 2 is 2.14 bits per heavy atom. The number of hydrogen-bond acceptors (Lipinski definition) is 4. The van der Waals surface area contributed by atoms with Crippen molar-refractivity contribution in [3.63, 3.8) is 0 Å². The van der Waals surface area contributed by atoms with E-state index in [2.05, 4.69) is 15.5 Å². The molecule has 0 saturated heterocycles. The van der Waals surface area contributed by atoms with Crippen LogP contribution in [-0.4, -0.2) is 23.2 Å². The maximum Gasteiger partial charge on any atom is 0.230 e. The third-order valence-corrected chi connectivity index (χ3v) is 3.93. The quantitative estimate of drug-likeness (QED) is 0.915. The Morgan fingerprint density at radius 3 is 2.82 bits per heavy atom. The third-order valence-electron chi connectivity index (χ3n) is 3.93. The van der Waals surface area contributed by atoms with Crippen molar-refractivity contribution in [1.82, 2.24) is 15.5 Å². The lowest BCUT2D eigenvalue weighted by molar-refractivity contribution is 0.370. The van der Waals surface area contributed by atoms with Crippen LogP contribution in [0.3, 0.4) is 0 Å². The molecule has 120 valence electrons. The third kappa shape index (κ3) is 3.44. The Balaban J connectivity index is 0.00000176. The molecule has 3 unspecified atom stereocenters. The Labute approximate surface area is 133 Å². The van der Waals surface area contributed by atoms with E-state index in [4.69, 9.17) is 4.52 Å². The fraction of sp³-hybridized carbons (Fsp3) is 0.467. The van der Waals surface area contributed by atoms with Gasteiger partial charge in [0.2, 0.25) is 5.89 Å². The molecule has 1 aliphatic carbocycles. The minimum Gasteiger partial charge on any atom is -0.339 e. The minimum absolute atomic E-state index is 0. The number of hydrogen-bond donors (Lipinski definition) is 1. The van der Waals surface area contributed by atoms with Crippen LogP contribution in [0.5, 0.6) is 0 Å². The van der Waals surface area contributed by atoms with Gasteiger partial charge in [-0.15, -0.1) is 12.4 Å². The summed E-state index contributed by atoms with van der Waals surface area (Å²) in [4.78, 5) is 4.37. The molecule has 1 saturated carbocycles. The fourth-order valence-electron chi connectivity index (χ4n) is 2.49. The van der Waals surface area contributed by atoms with Crippen molar-refractivity contribution in [2.45, 2.75) is 37.6 Å². The number of nitrogens with one attached hydrogen (secondary N) is 1. The molecule has 2 aromatic rings. The van der Waals surface area contributed by atoms with Crippen LogP contribution in [0.2, 0.25) is 0 Å². The normalized spacial score (nSPS) is 21.3. The highest BCUT2D eigenvalue weighted by Gasteiger charge is 2.45. The molecule has 0 spiro atoms. The summed E-state index contributed by atoms with van der Waals surface area (Å²) in [6.07, 6.45) is 1.44. The number of halogens is 3. The summed E-state index contributed by atoms with van der Waals surface area (Å²) in [5, 5.41) is 7.06. The van der Waals surface area contributed by atoms with Crippen LogP contribution in [-0.2, 0) is 6.42 Å². The lowest BCUT2D eigenvalue weighted by Crippen LogP contribution is -2.24. The highest BCUT2D eigenvalue weighted by Crippen LogP contribution is 2.54. The van der Waals surface area contributed by atoms with Gasteiger partial charge in [0, 0.05) is 24.4 Å². The zero-order valence-corrected chi connectivity index (χ0v) is 13.2. The monoisotopic (exact) mass is 329 g/mol. The SMILES string of the molecule is CNC(C)Cc1noc(C2CC2c2ccc(F)cc2F)n1.Cl. The molecule has 7 heteroatoms. The number of nitrogens with zero attached hydrogens (tertiary/aromatic N) is 2. The van der Waals surface area contributed by atoms with Crippen molar-refractivity contribution >= 4 is 12.4 Å². The molecule has 3 rings (SSSR count). The van der Waals surface area contributed by atoms with E-state index in [9.17, 15) is 8.78 Å². The van der Waals surface area contributed by atoms with E-state index in [0.29, 0.717) is 23.7 Å². The topological polar surface area (TPSA) is 51.0 Å². The zero-order valence-electron chi connectivity index (χ0n) is 12.3. The molecule has 0 radical (unpaired) electrons. The standard InChI is InChI=1S/C15H17F2N3O.ClH/c1-8(18-2)5-14-19-15(21-20-14)12-7-11(12)10-4-3-9(16)6-13(10)17;/h3-4,6,8,11-12,18H,5,7H2,1-2H3;1H.